The Balaban J connectivity index is 3.04. The Hall–Kier alpha value is -0.990. The molecule has 1 rings (SSSR count). The molecule has 9 heavy (non-hydrogen) atoms. The zero-order valence-corrected chi connectivity index (χ0v) is 5.73. The Morgan fingerprint density at radius 1 is 1.67 bits per heavy atom. The number of hydrogen-bond acceptors (Lipinski definition) is 2. The molecule has 1 aromatic rings. The van der Waals surface area contributed by atoms with Crippen molar-refractivity contribution < 1.29 is 0 Å². The van der Waals surface area contributed by atoms with Gasteiger partial charge in [0.25, 0.3) is 0 Å². The highest BCUT2D eigenvalue weighted by molar-refractivity contribution is 5.46. The average Bonchev–Trinajstić information content (AvgIpc) is 2.15. The molecule has 0 aliphatic heterocycles. The molecule has 0 amide bonds. The summed E-state index contributed by atoms with van der Waals surface area (Å²) in [6, 6.07) is 0. The van der Waals surface area contributed by atoms with Crippen LogP contribution < -0.4 is 5.73 Å². The molecule has 0 unspecified atom stereocenters. The van der Waals surface area contributed by atoms with Crippen molar-refractivity contribution in [1.29, 1.82) is 0 Å². The third-order valence-electron chi connectivity index (χ3n) is 1.43. The second kappa shape index (κ2) is 2.09. The highest BCUT2D eigenvalue weighted by atomic mass is 15.1. The lowest BCUT2D eigenvalue weighted by atomic mass is 10.3. The molecule has 1 heterocycles. The van der Waals surface area contributed by atoms with Gasteiger partial charge in [0.2, 0.25) is 0 Å². The monoisotopic (exact) mass is 125 g/mol. The molecule has 3 N–H and O–H groups in total. The van der Waals surface area contributed by atoms with Crippen molar-refractivity contribution in [2.45, 2.75) is 20.3 Å². The minimum absolute atomic E-state index is 0.803. The Labute approximate surface area is 54.3 Å². The normalized spacial score (nSPS) is 10.0. The summed E-state index contributed by atoms with van der Waals surface area (Å²) in [7, 11) is 0. The van der Waals surface area contributed by atoms with Crippen molar-refractivity contribution in [1.82, 2.24) is 10.2 Å². The highest BCUT2D eigenvalue weighted by Crippen LogP contribution is 2.11. The van der Waals surface area contributed by atoms with E-state index in [1.165, 1.54) is 0 Å². The van der Waals surface area contributed by atoms with E-state index in [2.05, 4.69) is 10.2 Å². The van der Waals surface area contributed by atoms with Crippen molar-refractivity contribution in [3.05, 3.63) is 11.4 Å². The van der Waals surface area contributed by atoms with E-state index in [-0.39, 0.29) is 0 Å². The maximum atomic E-state index is 5.62. The molecule has 0 saturated heterocycles. The van der Waals surface area contributed by atoms with E-state index in [0.29, 0.717) is 0 Å². The fourth-order valence-electron chi connectivity index (χ4n) is 0.760. The van der Waals surface area contributed by atoms with Gasteiger partial charge in [-0.2, -0.15) is 5.10 Å². The first-order valence-corrected chi connectivity index (χ1v) is 3.05. The number of nitrogens with one attached hydrogen (secondary N) is 1. The van der Waals surface area contributed by atoms with Gasteiger partial charge in [-0.25, -0.2) is 0 Å². The van der Waals surface area contributed by atoms with Gasteiger partial charge in [0, 0.05) is 0 Å². The van der Waals surface area contributed by atoms with Crippen LogP contribution in [-0.4, -0.2) is 10.2 Å². The number of aryl methyl sites for hydroxylation is 2. The van der Waals surface area contributed by atoms with Crippen LogP contribution in [0.5, 0.6) is 0 Å². The van der Waals surface area contributed by atoms with Crippen LogP contribution in [0, 0.1) is 6.92 Å². The number of aromatic amines is 1. The first kappa shape index (κ1) is 6.13. The number of hydrogen-bond donors (Lipinski definition) is 2. The van der Waals surface area contributed by atoms with Crippen molar-refractivity contribution in [3.8, 4) is 0 Å². The van der Waals surface area contributed by atoms with Crippen molar-refractivity contribution in [2.75, 3.05) is 5.73 Å². The van der Waals surface area contributed by atoms with Gasteiger partial charge in [-0.05, 0) is 13.3 Å². The van der Waals surface area contributed by atoms with E-state index < -0.39 is 0 Å². The number of anilines is 1. The first-order valence-electron chi connectivity index (χ1n) is 3.05. The second-order valence-electron chi connectivity index (χ2n) is 2.05. The Kier molecular flexibility index (Phi) is 1.42. The van der Waals surface area contributed by atoms with Crippen LogP contribution >= 0.6 is 0 Å². The number of H-pyrrole nitrogens is 1. The van der Waals surface area contributed by atoms with Crippen molar-refractivity contribution in [2.24, 2.45) is 0 Å². The molecular weight excluding hydrogens is 114 g/mol. The van der Waals surface area contributed by atoms with E-state index in [1.54, 1.807) is 0 Å². The van der Waals surface area contributed by atoms with E-state index >= 15 is 0 Å². The molecule has 3 heteroatoms. The lowest BCUT2D eigenvalue weighted by Crippen LogP contribution is -1.89. The molecule has 0 aliphatic rings. The fraction of sp³-hybridized carbons (Fsp3) is 0.500. The summed E-state index contributed by atoms with van der Waals surface area (Å²) in [5.74, 6) is 0. The maximum Gasteiger partial charge on any atom is 0.0823 e. The van der Waals surface area contributed by atoms with Gasteiger partial charge >= 0.3 is 0 Å². The number of aromatic nitrogens is 2. The summed E-state index contributed by atoms with van der Waals surface area (Å²) in [6.45, 7) is 3.94. The van der Waals surface area contributed by atoms with Gasteiger partial charge in [0.15, 0.2) is 0 Å². The zero-order valence-electron chi connectivity index (χ0n) is 5.73. The number of nitrogen functional groups attached to an aromatic ring is 1. The third kappa shape index (κ3) is 0.896. The quantitative estimate of drug-likeness (QED) is 0.585. The zero-order chi connectivity index (χ0) is 6.85. The molecule has 0 radical (unpaired) electrons. The van der Waals surface area contributed by atoms with Crippen LogP contribution in [0.15, 0.2) is 0 Å². The molecule has 0 aromatic carbocycles. The SMILES string of the molecule is CCc1[nH]nc(C)c1N. The molecule has 50 valence electrons. The predicted molar refractivity (Wildman–Crippen MR) is 37.1 cm³/mol. The van der Waals surface area contributed by atoms with E-state index in [4.69, 9.17) is 5.73 Å². The first-order chi connectivity index (χ1) is 4.25. The van der Waals surface area contributed by atoms with Gasteiger partial charge in [-0.1, -0.05) is 6.92 Å². The molecule has 0 atom stereocenters. The molecule has 0 aliphatic carbocycles. The number of nitrogens with two attached hydrogens (primary N) is 1. The Morgan fingerprint density at radius 2 is 2.33 bits per heavy atom. The smallest absolute Gasteiger partial charge is 0.0823 e. The van der Waals surface area contributed by atoms with Crippen molar-refractivity contribution >= 4 is 5.69 Å². The third-order valence-corrected chi connectivity index (χ3v) is 1.43. The van der Waals surface area contributed by atoms with Crippen LogP contribution in [0.2, 0.25) is 0 Å². The minimum atomic E-state index is 0.803. The Morgan fingerprint density at radius 3 is 2.56 bits per heavy atom. The average molecular weight is 125 g/mol. The largest absolute Gasteiger partial charge is 0.396 e. The molecule has 0 bridgehead atoms. The predicted octanol–water partition coefficient (Wildman–Crippen LogP) is 0.863. The summed E-state index contributed by atoms with van der Waals surface area (Å²) in [5.41, 5.74) is 8.35. The summed E-state index contributed by atoms with van der Waals surface area (Å²) >= 11 is 0. The molecule has 0 fully saturated rings. The van der Waals surface area contributed by atoms with Crippen LogP contribution in [-0.2, 0) is 6.42 Å². The van der Waals surface area contributed by atoms with Crippen molar-refractivity contribution in [3.63, 3.8) is 0 Å². The van der Waals surface area contributed by atoms with E-state index in [1.807, 2.05) is 13.8 Å². The standard InChI is InChI=1S/C6H11N3/c1-3-5-6(7)4(2)8-9-5/h3,7H2,1-2H3,(H,8,9). The maximum absolute atomic E-state index is 5.62. The van der Waals surface area contributed by atoms with Gasteiger partial charge in [-0.3, -0.25) is 5.10 Å². The van der Waals surface area contributed by atoms with Gasteiger partial charge in [-0.15, -0.1) is 0 Å². The molecule has 3 nitrogen and oxygen atoms in total. The molecule has 0 saturated carbocycles. The topological polar surface area (TPSA) is 54.7 Å². The Bertz CT molecular complexity index is 202. The van der Waals surface area contributed by atoms with Gasteiger partial charge < -0.3 is 5.73 Å². The molecular formula is C6H11N3. The van der Waals surface area contributed by atoms with Crippen LogP contribution in [0.4, 0.5) is 5.69 Å². The molecule has 0 spiro atoms. The fourth-order valence-corrected chi connectivity index (χ4v) is 0.760. The van der Waals surface area contributed by atoms with E-state index in [9.17, 15) is 0 Å². The second-order valence-corrected chi connectivity index (χ2v) is 2.05. The summed E-state index contributed by atoms with van der Waals surface area (Å²) in [6.07, 6.45) is 0.923. The van der Waals surface area contributed by atoms with E-state index in [0.717, 1.165) is 23.5 Å². The highest BCUT2D eigenvalue weighted by Gasteiger charge is 2.01. The van der Waals surface area contributed by atoms with Gasteiger partial charge in [0.05, 0.1) is 17.1 Å². The number of rotatable bonds is 1. The lowest BCUT2D eigenvalue weighted by molar-refractivity contribution is 0.963. The minimum Gasteiger partial charge on any atom is -0.396 e. The van der Waals surface area contributed by atoms with Gasteiger partial charge in [0.1, 0.15) is 0 Å². The number of nitrogens with zero attached hydrogens (tertiary/aromatic N) is 1. The molecule has 1 aromatic heterocycles. The lowest BCUT2D eigenvalue weighted by Gasteiger charge is -1.89. The summed E-state index contributed by atoms with van der Waals surface area (Å²) < 4.78 is 0. The summed E-state index contributed by atoms with van der Waals surface area (Å²) in [5, 5.41) is 6.79. The van der Waals surface area contributed by atoms with Crippen LogP contribution in [0.25, 0.3) is 0 Å². The van der Waals surface area contributed by atoms with Crippen LogP contribution in [0.3, 0.4) is 0 Å². The summed E-state index contributed by atoms with van der Waals surface area (Å²) in [4.78, 5) is 0. The van der Waals surface area contributed by atoms with Crippen LogP contribution in [0.1, 0.15) is 18.3 Å².